The van der Waals surface area contributed by atoms with Crippen LogP contribution in [0.25, 0.3) is 0 Å². The molecular formula is C15H22O2. The molecule has 2 nitrogen and oxygen atoms in total. The monoisotopic (exact) mass is 234 g/mol. The number of hydrogen-bond donors (Lipinski definition) is 0. The molecule has 0 aliphatic carbocycles. The summed E-state index contributed by atoms with van der Waals surface area (Å²) in [5.41, 5.74) is 0.919. The standard InChI is InChI=1S/C15H22O2/c1-5-6-7-15-9-12(16)14(10(2)3)13(17-15)8-11(15)4/h5,8,10,13-14H,1,6-7,9H2,2-4H3/t13-,14-,15-/m0/s1. The Bertz CT molecular complexity index is 367. The van der Waals surface area contributed by atoms with Crippen LogP contribution in [0.1, 0.15) is 40.0 Å². The van der Waals surface area contributed by atoms with Gasteiger partial charge in [-0.2, -0.15) is 0 Å². The Labute approximate surface area is 104 Å². The van der Waals surface area contributed by atoms with Crippen LogP contribution < -0.4 is 0 Å². The van der Waals surface area contributed by atoms with Gasteiger partial charge in [-0.25, -0.2) is 0 Å². The number of allylic oxidation sites excluding steroid dienone is 1. The average molecular weight is 234 g/mol. The highest BCUT2D eigenvalue weighted by Crippen LogP contribution is 2.46. The molecule has 2 heterocycles. The molecule has 0 unspecified atom stereocenters. The largest absolute Gasteiger partial charge is 0.362 e. The van der Waals surface area contributed by atoms with Crippen LogP contribution in [0.3, 0.4) is 0 Å². The molecule has 0 aromatic carbocycles. The Morgan fingerprint density at radius 3 is 2.94 bits per heavy atom. The Kier molecular flexibility index (Phi) is 3.26. The summed E-state index contributed by atoms with van der Waals surface area (Å²) in [7, 11) is 0. The van der Waals surface area contributed by atoms with Crippen LogP contribution in [-0.4, -0.2) is 17.5 Å². The van der Waals surface area contributed by atoms with Crippen LogP contribution in [0, 0.1) is 11.8 Å². The minimum atomic E-state index is -0.318. The van der Waals surface area contributed by atoms with Gasteiger partial charge >= 0.3 is 0 Å². The van der Waals surface area contributed by atoms with Crippen molar-refractivity contribution in [3.63, 3.8) is 0 Å². The maximum absolute atomic E-state index is 12.3. The molecule has 0 aromatic heterocycles. The van der Waals surface area contributed by atoms with E-state index in [9.17, 15) is 4.79 Å². The van der Waals surface area contributed by atoms with E-state index in [4.69, 9.17) is 4.74 Å². The molecule has 0 saturated carbocycles. The molecule has 17 heavy (non-hydrogen) atoms. The summed E-state index contributed by atoms with van der Waals surface area (Å²) in [5.74, 6) is 0.768. The molecule has 94 valence electrons. The van der Waals surface area contributed by atoms with Crippen molar-refractivity contribution in [2.45, 2.75) is 51.7 Å². The van der Waals surface area contributed by atoms with Gasteiger partial charge in [0.15, 0.2) is 0 Å². The quantitative estimate of drug-likeness (QED) is 0.698. The van der Waals surface area contributed by atoms with Crippen molar-refractivity contribution in [3.05, 3.63) is 24.3 Å². The van der Waals surface area contributed by atoms with E-state index in [1.807, 2.05) is 6.08 Å². The number of ketones is 1. The molecule has 3 atom stereocenters. The molecule has 1 saturated heterocycles. The Balaban J connectivity index is 2.23. The fourth-order valence-corrected chi connectivity index (χ4v) is 3.16. The molecule has 0 N–H and O–H groups in total. The molecule has 0 radical (unpaired) electrons. The molecular weight excluding hydrogens is 212 g/mol. The third-order valence-corrected chi connectivity index (χ3v) is 4.15. The maximum atomic E-state index is 12.3. The lowest BCUT2D eigenvalue weighted by Gasteiger charge is -2.39. The molecule has 2 rings (SSSR count). The van der Waals surface area contributed by atoms with Gasteiger partial charge in [0.1, 0.15) is 5.78 Å². The van der Waals surface area contributed by atoms with Crippen molar-refractivity contribution in [2.24, 2.45) is 11.8 Å². The number of carbonyl (C=O) groups is 1. The van der Waals surface area contributed by atoms with Crippen LogP contribution in [-0.2, 0) is 9.53 Å². The molecule has 0 aromatic rings. The minimum absolute atomic E-state index is 0.000986. The van der Waals surface area contributed by atoms with E-state index in [2.05, 4.69) is 33.4 Å². The van der Waals surface area contributed by atoms with Gasteiger partial charge in [0.25, 0.3) is 0 Å². The van der Waals surface area contributed by atoms with Gasteiger partial charge < -0.3 is 4.74 Å². The third-order valence-electron chi connectivity index (χ3n) is 4.15. The zero-order chi connectivity index (χ0) is 12.6. The van der Waals surface area contributed by atoms with Crippen molar-refractivity contribution in [2.75, 3.05) is 0 Å². The second-order valence-corrected chi connectivity index (χ2v) is 5.67. The van der Waals surface area contributed by atoms with E-state index in [1.165, 1.54) is 5.57 Å². The number of ether oxygens (including phenoxy) is 1. The smallest absolute Gasteiger partial charge is 0.142 e. The summed E-state index contributed by atoms with van der Waals surface area (Å²) in [5, 5.41) is 0. The predicted molar refractivity (Wildman–Crippen MR) is 68.7 cm³/mol. The Hall–Kier alpha value is -0.890. The minimum Gasteiger partial charge on any atom is -0.362 e. The second kappa shape index (κ2) is 4.41. The molecule has 1 fully saturated rings. The summed E-state index contributed by atoms with van der Waals surface area (Å²) >= 11 is 0. The van der Waals surface area contributed by atoms with Crippen LogP contribution in [0.4, 0.5) is 0 Å². The summed E-state index contributed by atoms with van der Waals surface area (Å²) in [6, 6.07) is 0. The Morgan fingerprint density at radius 2 is 2.35 bits per heavy atom. The first-order chi connectivity index (χ1) is 8.00. The fourth-order valence-electron chi connectivity index (χ4n) is 3.16. The van der Waals surface area contributed by atoms with Gasteiger partial charge in [0, 0.05) is 12.3 Å². The number of carbonyl (C=O) groups excluding carboxylic acids is 1. The average Bonchev–Trinajstić information content (AvgIpc) is 2.48. The van der Waals surface area contributed by atoms with E-state index in [1.54, 1.807) is 0 Å². The topological polar surface area (TPSA) is 26.3 Å². The summed E-state index contributed by atoms with van der Waals surface area (Å²) in [6.45, 7) is 10.1. The zero-order valence-electron chi connectivity index (χ0n) is 11.0. The SMILES string of the molecule is C=CCC[C@]12CC(=O)[C@H](C(C)C)[C@H](C=C1C)O2. The number of rotatable bonds is 4. The van der Waals surface area contributed by atoms with Gasteiger partial charge in [-0.3, -0.25) is 4.79 Å². The highest BCUT2D eigenvalue weighted by molar-refractivity contribution is 5.85. The lowest BCUT2D eigenvalue weighted by Crippen LogP contribution is -2.46. The highest BCUT2D eigenvalue weighted by Gasteiger charge is 2.51. The summed E-state index contributed by atoms with van der Waals surface area (Å²) in [6.07, 6.45) is 6.39. The van der Waals surface area contributed by atoms with E-state index >= 15 is 0 Å². The van der Waals surface area contributed by atoms with Gasteiger partial charge in [-0.05, 0) is 31.3 Å². The highest BCUT2D eigenvalue weighted by atomic mass is 16.5. The lowest BCUT2D eigenvalue weighted by atomic mass is 9.79. The van der Waals surface area contributed by atoms with Crippen molar-refractivity contribution < 1.29 is 9.53 Å². The third kappa shape index (κ3) is 1.99. The van der Waals surface area contributed by atoms with Gasteiger partial charge in [-0.1, -0.05) is 26.0 Å². The van der Waals surface area contributed by atoms with Gasteiger partial charge in [0.2, 0.25) is 0 Å². The molecule has 0 spiro atoms. The molecule has 2 aliphatic heterocycles. The van der Waals surface area contributed by atoms with Crippen molar-refractivity contribution in [1.29, 1.82) is 0 Å². The summed E-state index contributed by atoms with van der Waals surface area (Å²) in [4.78, 5) is 12.3. The fraction of sp³-hybridized carbons (Fsp3) is 0.667. The first-order valence-electron chi connectivity index (χ1n) is 6.50. The predicted octanol–water partition coefficient (Wildman–Crippen LogP) is 3.28. The normalized spacial score (nSPS) is 36.2. The zero-order valence-corrected chi connectivity index (χ0v) is 11.0. The van der Waals surface area contributed by atoms with Crippen LogP contribution >= 0.6 is 0 Å². The number of fused-ring (bicyclic) bond motifs is 2. The van der Waals surface area contributed by atoms with Crippen LogP contribution in [0.15, 0.2) is 24.3 Å². The first kappa shape index (κ1) is 12.6. The van der Waals surface area contributed by atoms with Gasteiger partial charge in [-0.15, -0.1) is 6.58 Å². The number of hydrogen-bond acceptors (Lipinski definition) is 2. The van der Waals surface area contributed by atoms with E-state index in [-0.39, 0.29) is 17.6 Å². The number of Topliss-reactive ketones (excluding diaryl/α,β-unsaturated/α-hetero) is 1. The van der Waals surface area contributed by atoms with Crippen molar-refractivity contribution in [3.8, 4) is 0 Å². The van der Waals surface area contributed by atoms with Gasteiger partial charge in [0.05, 0.1) is 11.7 Å². The van der Waals surface area contributed by atoms with E-state index < -0.39 is 0 Å². The van der Waals surface area contributed by atoms with Crippen LogP contribution in [0.2, 0.25) is 0 Å². The van der Waals surface area contributed by atoms with E-state index in [0.29, 0.717) is 18.1 Å². The van der Waals surface area contributed by atoms with Crippen molar-refractivity contribution >= 4 is 5.78 Å². The molecule has 2 aliphatic rings. The molecule has 2 heteroatoms. The van der Waals surface area contributed by atoms with E-state index in [0.717, 1.165) is 12.8 Å². The molecule has 0 amide bonds. The first-order valence-corrected chi connectivity index (χ1v) is 6.50. The maximum Gasteiger partial charge on any atom is 0.142 e. The lowest BCUT2D eigenvalue weighted by molar-refractivity contribution is -0.152. The molecule has 2 bridgehead atoms. The second-order valence-electron chi connectivity index (χ2n) is 5.67. The summed E-state index contributed by atoms with van der Waals surface area (Å²) < 4.78 is 6.18. The van der Waals surface area contributed by atoms with Crippen LogP contribution in [0.5, 0.6) is 0 Å². The van der Waals surface area contributed by atoms with Crippen molar-refractivity contribution in [1.82, 2.24) is 0 Å². The Morgan fingerprint density at radius 1 is 1.65 bits per heavy atom.